The van der Waals surface area contributed by atoms with Crippen LogP contribution in [0.5, 0.6) is 0 Å². The Morgan fingerprint density at radius 3 is 2.14 bits per heavy atom. The highest BCUT2D eigenvalue weighted by atomic mass is 19.3. The van der Waals surface area contributed by atoms with Crippen LogP contribution in [0.3, 0.4) is 0 Å². The molecule has 2 aliphatic heterocycles. The van der Waals surface area contributed by atoms with Crippen LogP contribution in [0, 0.1) is 5.92 Å². The molecule has 0 saturated carbocycles. The molecule has 3 aromatic carbocycles. The van der Waals surface area contributed by atoms with Crippen molar-refractivity contribution in [3.8, 4) is 11.1 Å². The molecule has 2 heterocycles. The van der Waals surface area contributed by atoms with Crippen molar-refractivity contribution < 1.29 is 27.8 Å². The molecule has 2 bridgehead atoms. The number of ketones is 1. The monoisotopic (exact) mass is 503 g/mol. The average Bonchev–Trinajstić information content (AvgIpc) is 3.24. The number of carbonyl (C=O) groups excluding carboxylic acids is 2. The summed E-state index contributed by atoms with van der Waals surface area (Å²) < 4.78 is 37.9. The summed E-state index contributed by atoms with van der Waals surface area (Å²) in [5.41, 5.74) is 4.76. The Hall–Kier alpha value is -3.58. The van der Waals surface area contributed by atoms with E-state index in [0.717, 1.165) is 11.1 Å². The van der Waals surface area contributed by atoms with Crippen molar-refractivity contribution in [3.63, 3.8) is 0 Å². The lowest BCUT2D eigenvalue weighted by Crippen LogP contribution is -2.60. The first-order chi connectivity index (χ1) is 18.0. The van der Waals surface area contributed by atoms with Gasteiger partial charge in [0.2, 0.25) is 0 Å². The number of benzene rings is 3. The van der Waals surface area contributed by atoms with Crippen molar-refractivity contribution in [2.75, 3.05) is 19.8 Å². The number of nitrogens with zero attached hydrogens (tertiary/aromatic N) is 1. The molecule has 6 rings (SSSR count). The van der Waals surface area contributed by atoms with Crippen molar-refractivity contribution in [3.05, 3.63) is 95.1 Å². The maximum absolute atomic E-state index is 13.3. The van der Waals surface area contributed by atoms with Crippen molar-refractivity contribution in [1.29, 1.82) is 0 Å². The van der Waals surface area contributed by atoms with Crippen molar-refractivity contribution in [1.82, 2.24) is 4.90 Å². The predicted molar refractivity (Wildman–Crippen MR) is 134 cm³/mol. The third kappa shape index (κ3) is 4.31. The molecule has 0 spiro atoms. The minimum atomic E-state index is -2.63. The van der Waals surface area contributed by atoms with Gasteiger partial charge in [0.05, 0.1) is 25.3 Å². The van der Waals surface area contributed by atoms with Gasteiger partial charge in [0.1, 0.15) is 6.61 Å². The van der Waals surface area contributed by atoms with E-state index >= 15 is 0 Å². The molecule has 2 saturated heterocycles. The van der Waals surface area contributed by atoms with Crippen LogP contribution in [-0.4, -0.2) is 48.7 Å². The summed E-state index contributed by atoms with van der Waals surface area (Å²) in [6.07, 6.45) is -2.20. The molecule has 2 unspecified atom stereocenters. The average molecular weight is 504 g/mol. The molecule has 0 aromatic heterocycles. The number of alkyl halides is 2. The Labute approximate surface area is 214 Å². The maximum atomic E-state index is 13.3. The van der Waals surface area contributed by atoms with E-state index in [9.17, 15) is 18.4 Å². The van der Waals surface area contributed by atoms with Gasteiger partial charge >= 0.3 is 6.09 Å². The van der Waals surface area contributed by atoms with E-state index in [4.69, 9.17) is 9.47 Å². The van der Waals surface area contributed by atoms with E-state index in [1.165, 1.54) is 29.3 Å². The fourth-order valence-electron chi connectivity index (χ4n) is 6.16. The molecule has 7 heteroatoms. The van der Waals surface area contributed by atoms with Crippen LogP contribution < -0.4 is 0 Å². The quantitative estimate of drug-likeness (QED) is 0.387. The van der Waals surface area contributed by atoms with E-state index in [1.807, 2.05) is 24.3 Å². The minimum Gasteiger partial charge on any atom is -0.448 e. The highest BCUT2D eigenvalue weighted by Crippen LogP contribution is 2.45. The normalized spacial score (nSPS) is 22.5. The van der Waals surface area contributed by atoms with E-state index in [-0.39, 0.29) is 47.4 Å². The smallest absolute Gasteiger partial charge is 0.410 e. The Morgan fingerprint density at radius 1 is 0.892 bits per heavy atom. The van der Waals surface area contributed by atoms with Crippen LogP contribution in [0.1, 0.15) is 52.2 Å². The number of carbonyl (C=O) groups is 2. The SMILES string of the molecule is O=C(c1cccc(C(F)F)c1)C1CC2COCC(C1)N2C(=O)OCC1c2ccccc2-c2ccccc21. The zero-order valence-electron chi connectivity index (χ0n) is 20.2. The van der Waals surface area contributed by atoms with E-state index in [0.29, 0.717) is 26.1 Å². The summed E-state index contributed by atoms with van der Waals surface area (Å²) in [6, 6.07) is 21.5. The molecule has 2 atom stereocenters. The summed E-state index contributed by atoms with van der Waals surface area (Å²) in [6.45, 7) is 0.871. The molecule has 1 aliphatic carbocycles. The maximum Gasteiger partial charge on any atom is 0.410 e. The largest absolute Gasteiger partial charge is 0.448 e. The number of piperidine rings is 1. The molecule has 3 aromatic rings. The van der Waals surface area contributed by atoms with E-state index < -0.39 is 12.5 Å². The fraction of sp³-hybridized carbons (Fsp3) is 0.333. The van der Waals surface area contributed by atoms with Gasteiger partial charge in [-0.05, 0) is 41.2 Å². The molecule has 3 aliphatic rings. The van der Waals surface area contributed by atoms with Gasteiger partial charge in [-0.1, -0.05) is 66.7 Å². The molecule has 0 N–H and O–H groups in total. The molecule has 1 amide bonds. The third-order valence-electron chi connectivity index (χ3n) is 7.86. The van der Waals surface area contributed by atoms with E-state index in [2.05, 4.69) is 24.3 Å². The topological polar surface area (TPSA) is 55.8 Å². The number of morpholine rings is 1. The van der Waals surface area contributed by atoms with Crippen molar-refractivity contribution in [2.45, 2.75) is 37.3 Å². The second-order valence-corrected chi connectivity index (χ2v) is 10.0. The zero-order valence-corrected chi connectivity index (χ0v) is 20.2. The van der Waals surface area contributed by atoms with Crippen LogP contribution in [0.15, 0.2) is 72.8 Å². The molecule has 37 heavy (non-hydrogen) atoms. The highest BCUT2D eigenvalue weighted by Gasteiger charge is 2.45. The Bertz CT molecular complexity index is 1280. The van der Waals surface area contributed by atoms with Crippen LogP contribution in [0.4, 0.5) is 13.6 Å². The number of fused-ring (bicyclic) bond motifs is 5. The van der Waals surface area contributed by atoms with Crippen LogP contribution in [0.2, 0.25) is 0 Å². The number of hydrogen-bond donors (Lipinski definition) is 0. The first kappa shape index (κ1) is 23.8. The predicted octanol–water partition coefficient (Wildman–Crippen LogP) is 6.24. The van der Waals surface area contributed by atoms with Crippen molar-refractivity contribution in [2.24, 2.45) is 5.92 Å². The molecule has 0 radical (unpaired) electrons. The number of Topliss-reactive ketones (excluding diaryl/α,β-unsaturated/α-hetero) is 1. The minimum absolute atomic E-state index is 0.0336. The van der Waals surface area contributed by atoms with Gasteiger partial charge < -0.3 is 9.47 Å². The summed E-state index contributed by atoms with van der Waals surface area (Å²) in [5, 5.41) is 0. The molecule has 5 nitrogen and oxygen atoms in total. The van der Waals surface area contributed by atoms with Crippen LogP contribution >= 0.6 is 0 Å². The fourth-order valence-corrected chi connectivity index (χ4v) is 6.16. The number of halogens is 2. The number of hydrogen-bond acceptors (Lipinski definition) is 4. The van der Waals surface area contributed by atoms with Gasteiger partial charge in [-0.3, -0.25) is 9.69 Å². The third-order valence-corrected chi connectivity index (χ3v) is 7.86. The Balaban J connectivity index is 1.16. The summed E-state index contributed by atoms with van der Waals surface area (Å²) in [4.78, 5) is 28.3. The second kappa shape index (κ2) is 9.71. The first-order valence-corrected chi connectivity index (χ1v) is 12.6. The Kier molecular flexibility index (Phi) is 6.24. The number of rotatable bonds is 5. The zero-order chi connectivity index (χ0) is 25.5. The van der Waals surface area contributed by atoms with Crippen LogP contribution in [0.25, 0.3) is 11.1 Å². The number of ether oxygens (including phenoxy) is 2. The standard InChI is InChI=1S/C30H27F2NO4/c31-29(32)19-7-5-6-18(12-19)28(34)20-13-21-15-36-16-22(14-20)33(21)30(35)37-17-27-25-10-3-1-8-23(25)24-9-2-4-11-26(24)27/h1-12,20-22,27,29H,13-17H2. The summed E-state index contributed by atoms with van der Waals surface area (Å²) in [7, 11) is 0. The number of amides is 1. The van der Waals surface area contributed by atoms with Gasteiger partial charge in [-0.25, -0.2) is 13.6 Å². The highest BCUT2D eigenvalue weighted by molar-refractivity contribution is 5.98. The van der Waals surface area contributed by atoms with Gasteiger partial charge in [-0.2, -0.15) is 0 Å². The van der Waals surface area contributed by atoms with Gasteiger partial charge in [-0.15, -0.1) is 0 Å². The lowest BCUT2D eigenvalue weighted by molar-refractivity contribution is -0.0747. The summed E-state index contributed by atoms with van der Waals surface area (Å²) >= 11 is 0. The molecule has 2 fully saturated rings. The van der Waals surface area contributed by atoms with E-state index in [1.54, 1.807) is 11.0 Å². The summed E-state index contributed by atoms with van der Waals surface area (Å²) in [5.74, 6) is -0.551. The van der Waals surface area contributed by atoms with Gasteiger partial charge in [0.15, 0.2) is 5.78 Å². The lowest BCUT2D eigenvalue weighted by Gasteiger charge is -2.47. The van der Waals surface area contributed by atoms with Gasteiger partial charge in [0, 0.05) is 23.0 Å². The van der Waals surface area contributed by atoms with Gasteiger partial charge in [0.25, 0.3) is 6.43 Å². The van der Waals surface area contributed by atoms with Crippen LogP contribution in [-0.2, 0) is 9.47 Å². The Morgan fingerprint density at radius 2 is 1.51 bits per heavy atom. The molecular formula is C30H27F2NO4. The van der Waals surface area contributed by atoms with Crippen molar-refractivity contribution >= 4 is 11.9 Å². The molecular weight excluding hydrogens is 476 g/mol. The first-order valence-electron chi connectivity index (χ1n) is 12.6. The lowest BCUT2D eigenvalue weighted by atomic mass is 9.80. The second-order valence-electron chi connectivity index (χ2n) is 10.0. The molecule has 190 valence electrons.